The lowest BCUT2D eigenvalue weighted by Gasteiger charge is -2.40. The van der Waals surface area contributed by atoms with Gasteiger partial charge in [0.05, 0.1) is 5.60 Å². The Balaban J connectivity index is 1.77. The van der Waals surface area contributed by atoms with Crippen molar-refractivity contribution >= 4 is 27.7 Å². The molecule has 4 heteroatoms. The van der Waals surface area contributed by atoms with Gasteiger partial charge in [0.15, 0.2) is 0 Å². The molecule has 0 bridgehead atoms. The first-order chi connectivity index (χ1) is 9.60. The van der Waals surface area contributed by atoms with E-state index in [1.54, 1.807) is 0 Å². The molecule has 3 atom stereocenters. The lowest BCUT2D eigenvalue weighted by Crippen LogP contribution is -2.42. The second kappa shape index (κ2) is 5.99. The van der Waals surface area contributed by atoms with Crippen LogP contribution in [0.3, 0.4) is 0 Å². The fourth-order valence-corrected chi connectivity index (χ4v) is 5.53. The third kappa shape index (κ3) is 2.94. The van der Waals surface area contributed by atoms with Gasteiger partial charge in [-0.1, -0.05) is 28.1 Å². The zero-order chi connectivity index (χ0) is 14.2. The molecule has 0 saturated carbocycles. The summed E-state index contributed by atoms with van der Waals surface area (Å²) in [5.74, 6) is 2.91. The number of ether oxygens (including phenoxy) is 1. The van der Waals surface area contributed by atoms with Gasteiger partial charge < -0.3 is 10.5 Å². The van der Waals surface area contributed by atoms with Crippen molar-refractivity contribution in [1.29, 1.82) is 0 Å². The van der Waals surface area contributed by atoms with Crippen LogP contribution in [0.4, 0.5) is 0 Å². The molecular formula is C16H22BrNOS. The van der Waals surface area contributed by atoms with Gasteiger partial charge in [-0.3, -0.25) is 0 Å². The van der Waals surface area contributed by atoms with E-state index in [4.69, 9.17) is 10.5 Å². The summed E-state index contributed by atoms with van der Waals surface area (Å²) in [6, 6.07) is 6.60. The molecule has 2 heterocycles. The van der Waals surface area contributed by atoms with Gasteiger partial charge in [-0.15, -0.1) is 0 Å². The maximum Gasteiger partial charge on any atom is 0.0783 e. The van der Waals surface area contributed by atoms with Crippen LogP contribution < -0.4 is 5.73 Å². The molecule has 2 aliphatic heterocycles. The van der Waals surface area contributed by atoms with E-state index in [-0.39, 0.29) is 11.6 Å². The van der Waals surface area contributed by atoms with Gasteiger partial charge in [0.25, 0.3) is 0 Å². The number of aryl methyl sites for hydroxylation is 1. The summed E-state index contributed by atoms with van der Waals surface area (Å²) >= 11 is 5.69. The second-order valence-corrected chi connectivity index (χ2v) is 8.10. The number of rotatable bonds is 2. The highest BCUT2D eigenvalue weighted by atomic mass is 79.9. The van der Waals surface area contributed by atoms with Gasteiger partial charge in [0.2, 0.25) is 0 Å². The highest BCUT2D eigenvalue weighted by Crippen LogP contribution is 2.44. The number of benzene rings is 1. The maximum absolute atomic E-state index is 6.58. The largest absolute Gasteiger partial charge is 0.374 e. The van der Waals surface area contributed by atoms with E-state index < -0.39 is 0 Å². The summed E-state index contributed by atoms with van der Waals surface area (Å²) in [5, 5.41) is 0. The minimum absolute atomic E-state index is 0.108. The Hall–Kier alpha value is -0.0300. The summed E-state index contributed by atoms with van der Waals surface area (Å²) in [4.78, 5) is 0. The van der Waals surface area contributed by atoms with Crippen LogP contribution in [-0.2, 0) is 4.74 Å². The lowest BCUT2D eigenvalue weighted by molar-refractivity contribution is -0.0834. The molecule has 2 fully saturated rings. The van der Waals surface area contributed by atoms with Crippen LogP contribution in [0.5, 0.6) is 0 Å². The molecule has 0 aromatic heterocycles. The highest BCUT2D eigenvalue weighted by Gasteiger charge is 2.42. The minimum atomic E-state index is 0.108. The van der Waals surface area contributed by atoms with Crippen molar-refractivity contribution in [2.45, 2.75) is 37.8 Å². The van der Waals surface area contributed by atoms with Gasteiger partial charge in [-0.25, -0.2) is 0 Å². The van der Waals surface area contributed by atoms with E-state index in [1.165, 1.54) is 23.3 Å². The molecule has 2 saturated heterocycles. The third-order valence-corrected chi connectivity index (χ3v) is 6.53. The molecule has 20 heavy (non-hydrogen) atoms. The van der Waals surface area contributed by atoms with E-state index >= 15 is 0 Å². The molecular weight excluding hydrogens is 334 g/mol. The van der Waals surface area contributed by atoms with Gasteiger partial charge in [-0.2, -0.15) is 11.8 Å². The molecule has 1 aromatic carbocycles. The molecule has 0 amide bonds. The van der Waals surface area contributed by atoms with Crippen molar-refractivity contribution in [3.8, 4) is 0 Å². The predicted octanol–water partition coefficient (Wildman–Crippen LogP) is 4.06. The van der Waals surface area contributed by atoms with Gasteiger partial charge in [0.1, 0.15) is 0 Å². The molecule has 2 N–H and O–H groups in total. The average molecular weight is 356 g/mol. The molecule has 1 aromatic rings. The Morgan fingerprint density at radius 1 is 1.50 bits per heavy atom. The van der Waals surface area contributed by atoms with Gasteiger partial charge in [-0.05, 0) is 55.1 Å². The molecule has 0 radical (unpaired) electrons. The summed E-state index contributed by atoms with van der Waals surface area (Å²) in [6.07, 6.45) is 3.38. The van der Waals surface area contributed by atoms with Crippen molar-refractivity contribution in [3.05, 3.63) is 33.8 Å². The number of hydrogen-bond donors (Lipinski definition) is 1. The molecule has 2 aliphatic rings. The van der Waals surface area contributed by atoms with Crippen LogP contribution in [0, 0.1) is 12.8 Å². The molecule has 0 aliphatic carbocycles. The van der Waals surface area contributed by atoms with Crippen LogP contribution in [-0.4, -0.2) is 23.7 Å². The Morgan fingerprint density at radius 2 is 2.35 bits per heavy atom. The van der Waals surface area contributed by atoms with Crippen LogP contribution >= 0.6 is 27.7 Å². The normalized spacial score (nSPS) is 31.6. The maximum atomic E-state index is 6.58. The van der Waals surface area contributed by atoms with Crippen LogP contribution in [0.1, 0.15) is 36.4 Å². The Labute approximate surface area is 134 Å². The van der Waals surface area contributed by atoms with Crippen LogP contribution in [0.2, 0.25) is 0 Å². The topological polar surface area (TPSA) is 35.2 Å². The smallest absolute Gasteiger partial charge is 0.0783 e. The standard InChI is InChI=1S/C16H22BrNOS/c1-11-2-3-13(14(17)8-11)15(18)12-4-6-19-16(9-12)5-7-20-10-16/h2-3,8,12,15H,4-7,9-10,18H2,1H3. The molecule has 3 unspecified atom stereocenters. The number of thioether (sulfide) groups is 1. The fourth-order valence-electron chi connectivity index (χ4n) is 3.39. The van der Waals surface area contributed by atoms with Crippen LogP contribution in [0.15, 0.2) is 22.7 Å². The summed E-state index contributed by atoms with van der Waals surface area (Å²) in [5.41, 5.74) is 9.20. The van der Waals surface area contributed by atoms with E-state index in [0.717, 1.165) is 29.7 Å². The van der Waals surface area contributed by atoms with Crippen molar-refractivity contribution in [2.24, 2.45) is 11.7 Å². The van der Waals surface area contributed by atoms with Crippen molar-refractivity contribution in [1.82, 2.24) is 0 Å². The van der Waals surface area contributed by atoms with Gasteiger partial charge >= 0.3 is 0 Å². The molecule has 110 valence electrons. The summed E-state index contributed by atoms with van der Waals surface area (Å²) < 4.78 is 7.25. The second-order valence-electron chi connectivity index (χ2n) is 6.14. The van der Waals surface area contributed by atoms with Gasteiger partial charge in [0, 0.05) is 22.9 Å². The Bertz CT molecular complexity index is 487. The van der Waals surface area contributed by atoms with E-state index in [0.29, 0.717) is 5.92 Å². The summed E-state index contributed by atoms with van der Waals surface area (Å²) in [7, 11) is 0. The lowest BCUT2D eigenvalue weighted by atomic mass is 9.79. The number of nitrogens with two attached hydrogens (primary N) is 1. The predicted molar refractivity (Wildman–Crippen MR) is 89.2 cm³/mol. The third-order valence-electron chi connectivity index (χ3n) is 4.62. The first kappa shape index (κ1) is 14.9. The first-order valence-corrected chi connectivity index (χ1v) is 9.28. The van der Waals surface area contributed by atoms with E-state index in [2.05, 4.69) is 41.1 Å². The first-order valence-electron chi connectivity index (χ1n) is 7.33. The van der Waals surface area contributed by atoms with Crippen molar-refractivity contribution in [3.63, 3.8) is 0 Å². The SMILES string of the molecule is Cc1ccc(C(N)C2CCOC3(CCSC3)C2)c(Br)c1. The van der Waals surface area contributed by atoms with Crippen molar-refractivity contribution < 1.29 is 4.74 Å². The molecule has 1 spiro atoms. The zero-order valence-electron chi connectivity index (χ0n) is 11.9. The fraction of sp³-hybridized carbons (Fsp3) is 0.625. The van der Waals surface area contributed by atoms with Crippen molar-refractivity contribution in [2.75, 3.05) is 18.1 Å². The van der Waals surface area contributed by atoms with E-state index in [9.17, 15) is 0 Å². The van der Waals surface area contributed by atoms with E-state index in [1.807, 2.05) is 11.8 Å². The Kier molecular flexibility index (Phi) is 4.46. The Morgan fingerprint density at radius 3 is 3.05 bits per heavy atom. The molecule has 2 nitrogen and oxygen atoms in total. The number of halogens is 1. The number of hydrogen-bond acceptors (Lipinski definition) is 3. The monoisotopic (exact) mass is 355 g/mol. The summed E-state index contributed by atoms with van der Waals surface area (Å²) in [6.45, 7) is 2.97. The highest BCUT2D eigenvalue weighted by molar-refractivity contribution is 9.10. The molecule has 3 rings (SSSR count). The zero-order valence-corrected chi connectivity index (χ0v) is 14.3. The average Bonchev–Trinajstić information content (AvgIpc) is 2.86. The van der Waals surface area contributed by atoms with Crippen LogP contribution in [0.25, 0.3) is 0 Å². The minimum Gasteiger partial charge on any atom is -0.374 e. The quantitative estimate of drug-likeness (QED) is 0.868.